The third-order valence-electron chi connectivity index (χ3n) is 3.12. The molecule has 0 bridgehead atoms. The summed E-state index contributed by atoms with van der Waals surface area (Å²) in [7, 11) is 2.13. The van der Waals surface area contributed by atoms with Gasteiger partial charge < -0.3 is 10.6 Å². The lowest BCUT2D eigenvalue weighted by Gasteiger charge is -2.37. The van der Waals surface area contributed by atoms with Crippen molar-refractivity contribution in [3.8, 4) is 0 Å². The summed E-state index contributed by atoms with van der Waals surface area (Å²) in [6.07, 6.45) is 3.09. The molecule has 2 nitrogen and oxygen atoms in total. The van der Waals surface area contributed by atoms with Gasteiger partial charge in [0.15, 0.2) is 0 Å². The molecule has 16 heavy (non-hydrogen) atoms. The van der Waals surface area contributed by atoms with Crippen LogP contribution in [0.4, 0.5) is 5.69 Å². The van der Waals surface area contributed by atoms with E-state index in [1.54, 1.807) is 11.8 Å². The molecule has 0 unspecified atom stereocenters. The Morgan fingerprint density at radius 2 is 1.81 bits per heavy atom. The van der Waals surface area contributed by atoms with E-state index < -0.39 is 0 Å². The summed E-state index contributed by atoms with van der Waals surface area (Å²) in [6, 6.07) is 8.66. The quantitative estimate of drug-likeness (QED) is 0.800. The summed E-state index contributed by atoms with van der Waals surface area (Å²) in [6.45, 7) is 5.17. The topological polar surface area (TPSA) is 29.3 Å². The SMILES string of the molecule is CSc1ccc(N(C)C(C)(C)CCN)cc1. The van der Waals surface area contributed by atoms with Crippen molar-refractivity contribution in [2.24, 2.45) is 5.73 Å². The van der Waals surface area contributed by atoms with Gasteiger partial charge >= 0.3 is 0 Å². The molecule has 2 N–H and O–H groups in total. The fourth-order valence-electron chi connectivity index (χ4n) is 1.68. The molecule has 0 spiro atoms. The Morgan fingerprint density at radius 3 is 2.25 bits per heavy atom. The highest BCUT2D eigenvalue weighted by Gasteiger charge is 2.22. The minimum absolute atomic E-state index is 0.107. The van der Waals surface area contributed by atoms with Gasteiger partial charge in [0.1, 0.15) is 0 Å². The molecule has 0 amide bonds. The number of anilines is 1. The Labute approximate surface area is 103 Å². The predicted molar refractivity (Wildman–Crippen MR) is 74.4 cm³/mol. The Balaban J connectivity index is 2.83. The van der Waals surface area contributed by atoms with Crippen molar-refractivity contribution in [3.05, 3.63) is 24.3 Å². The maximum absolute atomic E-state index is 5.65. The first kappa shape index (κ1) is 13.4. The van der Waals surface area contributed by atoms with Crippen LogP contribution in [-0.2, 0) is 0 Å². The van der Waals surface area contributed by atoms with Gasteiger partial charge in [-0.3, -0.25) is 0 Å². The third-order valence-corrected chi connectivity index (χ3v) is 3.87. The minimum atomic E-state index is 0.107. The van der Waals surface area contributed by atoms with Crippen molar-refractivity contribution < 1.29 is 0 Å². The van der Waals surface area contributed by atoms with Crippen LogP contribution in [0.25, 0.3) is 0 Å². The van der Waals surface area contributed by atoms with E-state index in [9.17, 15) is 0 Å². The Bertz CT molecular complexity index is 319. The lowest BCUT2D eigenvalue weighted by atomic mass is 9.98. The summed E-state index contributed by atoms with van der Waals surface area (Å²) < 4.78 is 0. The minimum Gasteiger partial charge on any atom is -0.369 e. The maximum atomic E-state index is 5.65. The van der Waals surface area contributed by atoms with Crippen LogP contribution in [0.3, 0.4) is 0 Å². The monoisotopic (exact) mass is 238 g/mol. The largest absolute Gasteiger partial charge is 0.369 e. The summed E-state index contributed by atoms with van der Waals surface area (Å²) in [5.74, 6) is 0. The molecule has 0 aliphatic heterocycles. The van der Waals surface area contributed by atoms with Gasteiger partial charge in [-0.05, 0) is 57.3 Å². The van der Waals surface area contributed by atoms with E-state index in [0.717, 1.165) is 13.0 Å². The average molecular weight is 238 g/mol. The molecule has 0 aliphatic rings. The number of rotatable bonds is 5. The maximum Gasteiger partial charge on any atom is 0.0368 e. The van der Waals surface area contributed by atoms with Crippen LogP contribution in [0, 0.1) is 0 Å². The van der Waals surface area contributed by atoms with Crippen LogP contribution in [0.5, 0.6) is 0 Å². The van der Waals surface area contributed by atoms with Crippen LogP contribution in [0.15, 0.2) is 29.2 Å². The molecule has 1 rings (SSSR count). The van der Waals surface area contributed by atoms with E-state index in [0.29, 0.717) is 0 Å². The zero-order valence-corrected chi connectivity index (χ0v) is 11.5. The van der Waals surface area contributed by atoms with Crippen LogP contribution < -0.4 is 10.6 Å². The summed E-state index contributed by atoms with van der Waals surface area (Å²) in [5, 5.41) is 0. The van der Waals surface area contributed by atoms with Gasteiger partial charge in [-0.1, -0.05) is 0 Å². The van der Waals surface area contributed by atoms with Crippen molar-refractivity contribution in [1.82, 2.24) is 0 Å². The second-order valence-corrected chi connectivity index (χ2v) is 5.49. The molecule has 0 aliphatic carbocycles. The van der Waals surface area contributed by atoms with Crippen molar-refractivity contribution in [2.45, 2.75) is 30.7 Å². The molecule has 0 saturated carbocycles. The molecule has 0 fully saturated rings. The molecule has 0 radical (unpaired) electrons. The van der Waals surface area contributed by atoms with E-state index in [2.05, 4.69) is 56.3 Å². The molecule has 1 aromatic carbocycles. The summed E-state index contributed by atoms with van der Waals surface area (Å²) >= 11 is 1.77. The van der Waals surface area contributed by atoms with Gasteiger partial charge in [0.25, 0.3) is 0 Å². The summed E-state index contributed by atoms with van der Waals surface area (Å²) in [4.78, 5) is 3.60. The van der Waals surface area contributed by atoms with Crippen LogP contribution in [0.1, 0.15) is 20.3 Å². The highest BCUT2D eigenvalue weighted by Crippen LogP contribution is 2.26. The standard InChI is InChI=1S/C13H22N2S/c1-13(2,9-10-14)15(3)11-5-7-12(16-4)8-6-11/h5-8H,9-10,14H2,1-4H3. The molecular formula is C13H22N2S. The van der Waals surface area contributed by atoms with E-state index in [4.69, 9.17) is 5.73 Å². The number of hydrogen-bond donors (Lipinski definition) is 1. The molecule has 0 atom stereocenters. The number of hydrogen-bond acceptors (Lipinski definition) is 3. The van der Waals surface area contributed by atoms with Gasteiger partial charge in [-0.2, -0.15) is 0 Å². The Kier molecular flexibility index (Phi) is 4.69. The van der Waals surface area contributed by atoms with Gasteiger partial charge in [0, 0.05) is 23.2 Å². The predicted octanol–water partition coefficient (Wildman–Crippen LogP) is 2.97. The Hall–Kier alpha value is -0.670. The number of thioether (sulfide) groups is 1. The van der Waals surface area contributed by atoms with E-state index in [1.165, 1.54) is 10.6 Å². The van der Waals surface area contributed by atoms with E-state index in [1.807, 2.05) is 0 Å². The lowest BCUT2D eigenvalue weighted by Crippen LogP contribution is -2.42. The average Bonchev–Trinajstić information content (AvgIpc) is 2.28. The highest BCUT2D eigenvalue weighted by molar-refractivity contribution is 7.98. The first-order valence-corrected chi connectivity index (χ1v) is 6.81. The van der Waals surface area contributed by atoms with Gasteiger partial charge in [0.05, 0.1) is 0 Å². The van der Waals surface area contributed by atoms with E-state index in [-0.39, 0.29) is 5.54 Å². The van der Waals surface area contributed by atoms with Gasteiger partial charge in [0.2, 0.25) is 0 Å². The number of nitrogens with zero attached hydrogens (tertiary/aromatic N) is 1. The molecule has 90 valence electrons. The Morgan fingerprint density at radius 1 is 1.25 bits per heavy atom. The fourth-order valence-corrected chi connectivity index (χ4v) is 2.08. The molecular weight excluding hydrogens is 216 g/mol. The van der Waals surface area contributed by atoms with Crippen LogP contribution >= 0.6 is 11.8 Å². The first-order chi connectivity index (χ1) is 7.51. The van der Waals surface area contributed by atoms with Crippen LogP contribution in [-0.4, -0.2) is 25.4 Å². The molecule has 1 aromatic rings. The zero-order valence-electron chi connectivity index (χ0n) is 10.7. The van der Waals surface area contributed by atoms with E-state index >= 15 is 0 Å². The normalized spacial score (nSPS) is 11.6. The van der Waals surface area contributed by atoms with Gasteiger partial charge in [-0.15, -0.1) is 11.8 Å². The van der Waals surface area contributed by atoms with Gasteiger partial charge in [-0.25, -0.2) is 0 Å². The lowest BCUT2D eigenvalue weighted by molar-refractivity contribution is 0.456. The number of benzene rings is 1. The number of nitrogens with two attached hydrogens (primary N) is 1. The second-order valence-electron chi connectivity index (χ2n) is 4.61. The molecule has 3 heteroatoms. The van der Waals surface area contributed by atoms with Crippen molar-refractivity contribution in [3.63, 3.8) is 0 Å². The van der Waals surface area contributed by atoms with Crippen molar-refractivity contribution in [2.75, 3.05) is 24.7 Å². The van der Waals surface area contributed by atoms with Crippen molar-refractivity contribution >= 4 is 17.4 Å². The first-order valence-electron chi connectivity index (χ1n) is 5.59. The molecule has 0 aromatic heterocycles. The summed E-state index contributed by atoms with van der Waals surface area (Å²) in [5.41, 5.74) is 7.00. The molecule has 0 heterocycles. The van der Waals surface area contributed by atoms with Crippen LogP contribution in [0.2, 0.25) is 0 Å². The third kappa shape index (κ3) is 3.16. The fraction of sp³-hybridized carbons (Fsp3) is 0.538. The molecule has 0 saturated heterocycles. The smallest absolute Gasteiger partial charge is 0.0368 e. The zero-order chi connectivity index (χ0) is 12.2. The highest BCUT2D eigenvalue weighted by atomic mass is 32.2. The second kappa shape index (κ2) is 5.60. The van der Waals surface area contributed by atoms with Crippen molar-refractivity contribution in [1.29, 1.82) is 0 Å².